The lowest BCUT2D eigenvalue weighted by molar-refractivity contribution is -0.117. The van der Waals surface area contributed by atoms with Crippen LogP contribution in [0.25, 0.3) is 0 Å². The molecule has 110 valence electrons. The number of hydrogen-bond acceptors (Lipinski definition) is 2. The highest BCUT2D eigenvalue weighted by Crippen LogP contribution is 2.29. The maximum absolute atomic E-state index is 12.2. The average Bonchev–Trinajstić information content (AvgIpc) is 2.35. The quantitative estimate of drug-likeness (QED) is 0.873. The molecule has 1 aliphatic rings. The van der Waals surface area contributed by atoms with Gasteiger partial charge in [0.2, 0.25) is 5.91 Å². The van der Waals surface area contributed by atoms with Crippen LogP contribution in [-0.4, -0.2) is 11.4 Å². The zero-order chi connectivity index (χ0) is 14.8. The van der Waals surface area contributed by atoms with Crippen LogP contribution in [0.15, 0.2) is 16.6 Å². The lowest BCUT2D eigenvalue weighted by Gasteiger charge is -2.32. The molecule has 0 radical (unpaired) electrons. The van der Waals surface area contributed by atoms with Crippen molar-refractivity contribution >= 4 is 27.5 Å². The molecule has 20 heavy (non-hydrogen) atoms. The van der Waals surface area contributed by atoms with E-state index in [-0.39, 0.29) is 11.4 Å². The minimum absolute atomic E-state index is 0.0236. The van der Waals surface area contributed by atoms with Crippen molar-refractivity contribution < 1.29 is 4.79 Å². The molecule has 3 nitrogen and oxygen atoms in total. The lowest BCUT2D eigenvalue weighted by atomic mass is 9.80. The molecule has 0 aromatic heterocycles. The normalized spacial score (nSPS) is 17.8. The predicted molar refractivity (Wildman–Crippen MR) is 86.9 cm³/mol. The molecule has 0 saturated heterocycles. The summed E-state index contributed by atoms with van der Waals surface area (Å²) in [5, 5.41) is 2.98. The Morgan fingerprint density at radius 3 is 2.35 bits per heavy atom. The SMILES string of the molecule is Cc1cc(NC(=O)CC2(N)CCCCC2)cc(C)c1Br. The fourth-order valence-electron chi connectivity index (χ4n) is 2.98. The first-order chi connectivity index (χ1) is 9.39. The summed E-state index contributed by atoms with van der Waals surface area (Å²) in [5.74, 6) is 0.0236. The summed E-state index contributed by atoms with van der Waals surface area (Å²) < 4.78 is 1.10. The average molecular weight is 339 g/mol. The van der Waals surface area contributed by atoms with Gasteiger partial charge < -0.3 is 11.1 Å². The molecule has 0 bridgehead atoms. The molecule has 3 N–H and O–H groups in total. The number of rotatable bonds is 3. The Hall–Kier alpha value is -0.870. The summed E-state index contributed by atoms with van der Waals surface area (Å²) in [7, 11) is 0. The summed E-state index contributed by atoms with van der Waals surface area (Å²) in [6.07, 6.45) is 5.85. The van der Waals surface area contributed by atoms with E-state index in [1.165, 1.54) is 6.42 Å². The first kappa shape index (κ1) is 15.5. The van der Waals surface area contributed by atoms with E-state index in [0.29, 0.717) is 6.42 Å². The molecule has 1 fully saturated rings. The van der Waals surface area contributed by atoms with E-state index < -0.39 is 0 Å². The van der Waals surface area contributed by atoms with Crippen molar-refractivity contribution in [1.82, 2.24) is 0 Å². The molecule has 0 unspecified atom stereocenters. The molecular weight excluding hydrogens is 316 g/mol. The van der Waals surface area contributed by atoms with Crippen LogP contribution < -0.4 is 11.1 Å². The predicted octanol–water partition coefficient (Wildman–Crippen LogP) is 4.06. The fourth-order valence-corrected chi connectivity index (χ4v) is 3.20. The van der Waals surface area contributed by atoms with Crippen LogP contribution >= 0.6 is 15.9 Å². The minimum atomic E-state index is -0.304. The highest BCUT2D eigenvalue weighted by atomic mass is 79.9. The van der Waals surface area contributed by atoms with Crippen LogP contribution in [0.5, 0.6) is 0 Å². The Morgan fingerprint density at radius 1 is 1.25 bits per heavy atom. The molecule has 0 aliphatic heterocycles. The van der Waals surface area contributed by atoms with Crippen molar-refractivity contribution in [1.29, 1.82) is 0 Å². The first-order valence-corrected chi connectivity index (χ1v) is 8.04. The molecule has 1 aliphatic carbocycles. The van der Waals surface area contributed by atoms with E-state index in [9.17, 15) is 4.79 Å². The van der Waals surface area contributed by atoms with E-state index in [1.54, 1.807) is 0 Å². The van der Waals surface area contributed by atoms with Gasteiger partial charge in [0, 0.05) is 22.1 Å². The van der Waals surface area contributed by atoms with Crippen LogP contribution in [0, 0.1) is 13.8 Å². The van der Waals surface area contributed by atoms with Gasteiger partial charge in [0.25, 0.3) is 0 Å². The second-order valence-electron chi connectivity index (χ2n) is 6.07. The third-order valence-electron chi connectivity index (χ3n) is 4.08. The second-order valence-corrected chi connectivity index (χ2v) is 6.87. The van der Waals surface area contributed by atoms with E-state index in [4.69, 9.17) is 5.73 Å². The third kappa shape index (κ3) is 3.83. The van der Waals surface area contributed by atoms with E-state index >= 15 is 0 Å². The van der Waals surface area contributed by atoms with Crippen LogP contribution in [0.1, 0.15) is 49.7 Å². The van der Waals surface area contributed by atoms with Crippen LogP contribution in [0.3, 0.4) is 0 Å². The van der Waals surface area contributed by atoms with Gasteiger partial charge in [-0.25, -0.2) is 0 Å². The summed E-state index contributed by atoms with van der Waals surface area (Å²) in [6.45, 7) is 4.05. The smallest absolute Gasteiger partial charge is 0.226 e. The van der Waals surface area contributed by atoms with E-state index in [0.717, 1.165) is 47.0 Å². The highest BCUT2D eigenvalue weighted by Gasteiger charge is 2.29. The van der Waals surface area contributed by atoms with Crippen LogP contribution in [0.4, 0.5) is 5.69 Å². The largest absolute Gasteiger partial charge is 0.326 e. The number of amides is 1. The maximum Gasteiger partial charge on any atom is 0.226 e. The van der Waals surface area contributed by atoms with Crippen LogP contribution in [-0.2, 0) is 4.79 Å². The Balaban J connectivity index is 2.01. The standard InChI is InChI=1S/C16H23BrN2O/c1-11-8-13(9-12(2)15(11)17)19-14(20)10-16(18)6-4-3-5-7-16/h8-9H,3-7,10,18H2,1-2H3,(H,19,20). The molecule has 0 heterocycles. The zero-order valence-corrected chi connectivity index (χ0v) is 13.8. The summed E-state index contributed by atoms with van der Waals surface area (Å²) in [5.41, 5.74) is 9.13. The van der Waals surface area contributed by atoms with Gasteiger partial charge in [-0.3, -0.25) is 4.79 Å². The number of nitrogens with two attached hydrogens (primary N) is 1. The summed E-state index contributed by atoms with van der Waals surface area (Å²) in [4.78, 5) is 12.2. The number of anilines is 1. The minimum Gasteiger partial charge on any atom is -0.326 e. The molecule has 0 spiro atoms. The Bertz CT molecular complexity index is 484. The van der Waals surface area contributed by atoms with Gasteiger partial charge >= 0.3 is 0 Å². The molecule has 1 amide bonds. The Kier molecular flexibility index (Phi) is 4.86. The van der Waals surface area contributed by atoms with Gasteiger partial charge in [0.15, 0.2) is 0 Å². The number of carbonyl (C=O) groups is 1. The van der Waals surface area contributed by atoms with Gasteiger partial charge in [-0.2, -0.15) is 0 Å². The van der Waals surface area contributed by atoms with Crippen molar-refractivity contribution in [2.24, 2.45) is 5.73 Å². The molecule has 1 saturated carbocycles. The third-order valence-corrected chi connectivity index (χ3v) is 5.33. The molecule has 4 heteroatoms. The van der Waals surface area contributed by atoms with Gasteiger partial charge in [-0.15, -0.1) is 0 Å². The number of nitrogens with one attached hydrogen (secondary N) is 1. The number of hydrogen-bond donors (Lipinski definition) is 2. The van der Waals surface area contributed by atoms with Gasteiger partial charge in [0.05, 0.1) is 0 Å². The molecule has 1 aromatic carbocycles. The number of benzene rings is 1. The fraction of sp³-hybridized carbons (Fsp3) is 0.562. The summed E-state index contributed by atoms with van der Waals surface area (Å²) in [6, 6.07) is 3.97. The second kappa shape index (κ2) is 6.27. The first-order valence-electron chi connectivity index (χ1n) is 7.25. The van der Waals surface area contributed by atoms with Crippen molar-refractivity contribution in [3.8, 4) is 0 Å². The van der Waals surface area contributed by atoms with Crippen molar-refractivity contribution in [3.63, 3.8) is 0 Å². The Morgan fingerprint density at radius 2 is 1.80 bits per heavy atom. The van der Waals surface area contributed by atoms with Crippen molar-refractivity contribution in [2.45, 2.75) is 57.9 Å². The zero-order valence-electron chi connectivity index (χ0n) is 12.3. The molecule has 0 atom stereocenters. The Labute approximate surface area is 129 Å². The lowest BCUT2D eigenvalue weighted by Crippen LogP contribution is -2.44. The van der Waals surface area contributed by atoms with Crippen molar-refractivity contribution in [3.05, 3.63) is 27.7 Å². The van der Waals surface area contributed by atoms with E-state index in [2.05, 4.69) is 21.2 Å². The van der Waals surface area contributed by atoms with Crippen LogP contribution in [0.2, 0.25) is 0 Å². The number of aryl methyl sites for hydroxylation is 2. The van der Waals surface area contributed by atoms with Gasteiger partial charge in [0.1, 0.15) is 0 Å². The summed E-state index contributed by atoms with van der Waals surface area (Å²) >= 11 is 3.53. The van der Waals surface area contributed by atoms with E-state index in [1.807, 2.05) is 26.0 Å². The highest BCUT2D eigenvalue weighted by molar-refractivity contribution is 9.10. The van der Waals surface area contributed by atoms with Gasteiger partial charge in [-0.1, -0.05) is 35.2 Å². The van der Waals surface area contributed by atoms with Gasteiger partial charge in [-0.05, 0) is 49.9 Å². The topological polar surface area (TPSA) is 55.1 Å². The number of carbonyl (C=O) groups excluding carboxylic acids is 1. The molecule has 1 aromatic rings. The molecule has 2 rings (SSSR count). The molecular formula is C16H23BrN2O. The number of halogens is 1. The maximum atomic E-state index is 12.2. The monoisotopic (exact) mass is 338 g/mol. The van der Waals surface area contributed by atoms with Crippen molar-refractivity contribution in [2.75, 3.05) is 5.32 Å².